The van der Waals surface area contributed by atoms with Crippen molar-refractivity contribution in [2.75, 3.05) is 19.6 Å². The Morgan fingerprint density at radius 3 is 3.10 bits per heavy atom. The lowest BCUT2D eigenvalue weighted by Gasteiger charge is -2.17. The van der Waals surface area contributed by atoms with Crippen LogP contribution in [0, 0.1) is 18.8 Å². The molecule has 0 spiro atoms. The quantitative estimate of drug-likeness (QED) is 0.866. The molecule has 0 radical (unpaired) electrons. The van der Waals surface area contributed by atoms with Gasteiger partial charge in [0.25, 0.3) is 5.91 Å². The van der Waals surface area contributed by atoms with Crippen LogP contribution >= 0.6 is 11.3 Å². The molecule has 6 heteroatoms. The largest absolute Gasteiger partial charge is 0.355 e. The van der Waals surface area contributed by atoms with Crippen molar-refractivity contribution >= 4 is 33.4 Å². The summed E-state index contributed by atoms with van der Waals surface area (Å²) in [6.45, 7) is 3.86. The molecule has 2 amide bonds. The number of rotatable bonds is 1. The van der Waals surface area contributed by atoms with E-state index in [9.17, 15) is 9.59 Å². The minimum Gasteiger partial charge on any atom is -0.355 e. The second-order valence-corrected chi connectivity index (χ2v) is 6.97. The first kappa shape index (κ1) is 12.8. The molecule has 3 heterocycles. The molecule has 2 aliphatic heterocycles. The number of hydrogen-bond donors (Lipinski definition) is 1. The van der Waals surface area contributed by atoms with Gasteiger partial charge in [-0.2, -0.15) is 0 Å². The lowest BCUT2D eigenvalue weighted by molar-refractivity contribution is -0.122. The monoisotopic (exact) mass is 301 g/mol. The summed E-state index contributed by atoms with van der Waals surface area (Å²) in [5.74, 6) is 0.355. The van der Waals surface area contributed by atoms with Crippen LogP contribution in [0.3, 0.4) is 0 Å². The van der Waals surface area contributed by atoms with Crippen LogP contribution in [0.15, 0.2) is 18.2 Å². The van der Waals surface area contributed by atoms with Crippen molar-refractivity contribution < 1.29 is 9.59 Å². The standard InChI is InChI=1S/C15H15N3O2S/c1-8-17-12-3-2-9(4-13(12)21-8)15(20)18-6-10-5-16-14(19)11(10)7-18/h2-4,10-11H,5-7H2,1H3,(H,16,19)/t10-,11+/m0/s1. The van der Waals surface area contributed by atoms with Crippen molar-refractivity contribution in [2.24, 2.45) is 11.8 Å². The lowest BCUT2D eigenvalue weighted by atomic mass is 10.0. The van der Waals surface area contributed by atoms with Crippen LogP contribution < -0.4 is 5.32 Å². The Balaban J connectivity index is 1.60. The van der Waals surface area contributed by atoms with Crippen molar-refractivity contribution in [3.8, 4) is 0 Å². The molecular weight excluding hydrogens is 286 g/mol. The molecule has 2 atom stereocenters. The summed E-state index contributed by atoms with van der Waals surface area (Å²) in [6.07, 6.45) is 0. The number of hydrogen-bond acceptors (Lipinski definition) is 4. The summed E-state index contributed by atoms with van der Waals surface area (Å²) in [7, 11) is 0. The Morgan fingerprint density at radius 2 is 2.29 bits per heavy atom. The van der Waals surface area contributed by atoms with Crippen LogP contribution in [-0.2, 0) is 4.79 Å². The number of amides is 2. The highest BCUT2D eigenvalue weighted by molar-refractivity contribution is 7.18. The van der Waals surface area contributed by atoms with Crippen molar-refractivity contribution in [3.05, 3.63) is 28.8 Å². The van der Waals surface area contributed by atoms with Gasteiger partial charge in [-0.3, -0.25) is 9.59 Å². The Morgan fingerprint density at radius 1 is 1.43 bits per heavy atom. The number of carbonyl (C=O) groups excluding carboxylic acids is 2. The number of thiazole rings is 1. The fourth-order valence-corrected chi connectivity index (χ4v) is 4.13. The predicted octanol–water partition coefficient (Wildman–Crippen LogP) is 1.42. The molecular formula is C15H15N3O2S. The third-order valence-corrected chi connectivity index (χ3v) is 5.28. The normalized spacial score (nSPS) is 24.4. The molecule has 0 aliphatic carbocycles. The maximum atomic E-state index is 12.6. The van der Waals surface area contributed by atoms with Crippen molar-refractivity contribution in [1.82, 2.24) is 15.2 Å². The van der Waals surface area contributed by atoms with E-state index in [0.29, 0.717) is 25.2 Å². The highest BCUT2D eigenvalue weighted by Crippen LogP contribution is 2.29. The fraction of sp³-hybridized carbons (Fsp3) is 0.400. The van der Waals surface area contributed by atoms with E-state index in [2.05, 4.69) is 10.3 Å². The summed E-state index contributed by atoms with van der Waals surface area (Å²) in [5, 5.41) is 3.87. The fourth-order valence-electron chi connectivity index (χ4n) is 3.26. The Bertz CT molecular complexity index is 754. The van der Waals surface area contributed by atoms with Gasteiger partial charge in [-0.15, -0.1) is 11.3 Å². The minimum atomic E-state index is -0.0247. The van der Waals surface area contributed by atoms with Gasteiger partial charge in [0.1, 0.15) is 0 Å². The molecule has 2 aromatic rings. The number of nitrogens with one attached hydrogen (secondary N) is 1. The molecule has 1 aromatic heterocycles. The average Bonchev–Trinajstić information content (AvgIpc) is 3.12. The Labute approximate surface area is 126 Å². The van der Waals surface area contributed by atoms with E-state index in [1.54, 1.807) is 11.3 Å². The Kier molecular flexibility index (Phi) is 2.75. The Hall–Kier alpha value is -1.95. The second kappa shape index (κ2) is 4.53. The van der Waals surface area contributed by atoms with Gasteiger partial charge >= 0.3 is 0 Å². The maximum Gasteiger partial charge on any atom is 0.253 e. The number of benzene rings is 1. The number of fused-ring (bicyclic) bond motifs is 2. The predicted molar refractivity (Wildman–Crippen MR) is 80.3 cm³/mol. The van der Waals surface area contributed by atoms with E-state index >= 15 is 0 Å². The van der Waals surface area contributed by atoms with Gasteiger partial charge in [-0.25, -0.2) is 4.98 Å². The van der Waals surface area contributed by atoms with Gasteiger partial charge in [0.2, 0.25) is 5.91 Å². The van der Waals surface area contributed by atoms with E-state index in [-0.39, 0.29) is 23.7 Å². The summed E-state index contributed by atoms with van der Waals surface area (Å²) >= 11 is 1.60. The van der Waals surface area contributed by atoms with Gasteiger partial charge in [-0.05, 0) is 25.1 Å². The van der Waals surface area contributed by atoms with Crippen LogP contribution in [-0.4, -0.2) is 41.3 Å². The second-order valence-electron chi connectivity index (χ2n) is 5.74. The molecule has 21 heavy (non-hydrogen) atoms. The molecule has 5 nitrogen and oxygen atoms in total. The van der Waals surface area contributed by atoms with Gasteiger partial charge in [-0.1, -0.05) is 0 Å². The molecule has 2 aliphatic rings. The number of aryl methyl sites for hydroxylation is 1. The van der Waals surface area contributed by atoms with Crippen LogP contribution in [0.2, 0.25) is 0 Å². The zero-order valence-corrected chi connectivity index (χ0v) is 12.4. The molecule has 108 valence electrons. The smallest absolute Gasteiger partial charge is 0.253 e. The summed E-state index contributed by atoms with van der Waals surface area (Å²) in [4.78, 5) is 30.5. The SMILES string of the molecule is Cc1nc2ccc(C(=O)N3C[C@@H]4CNC(=O)[C@@H]4C3)cc2s1. The van der Waals surface area contributed by atoms with Crippen LogP contribution in [0.1, 0.15) is 15.4 Å². The van der Waals surface area contributed by atoms with E-state index in [1.807, 2.05) is 30.0 Å². The first-order valence-corrected chi connectivity index (χ1v) is 7.87. The molecule has 2 fully saturated rings. The highest BCUT2D eigenvalue weighted by Gasteiger charge is 2.43. The highest BCUT2D eigenvalue weighted by atomic mass is 32.1. The topological polar surface area (TPSA) is 62.3 Å². The van der Waals surface area contributed by atoms with Crippen LogP contribution in [0.25, 0.3) is 10.2 Å². The third-order valence-electron chi connectivity index (χ3n) is 4.35. The average molecular weight is 301 g/mol. The first-order chi connectivity index (χ1) is 10.1. The molecule has 0 unspecified atom stereocenters. The van der Waals surface area contributed by atoms with Gasteiger partial charge in [0.15, 0.2) is 0 Å². The number of aromatic nitrogens is 1. The third kappa shape index (κ3) is 2.01. The van der Waals surface area contributed by atoms with Gasteiger partial charge in [0.05, 0.1) is 21.1 Å². The van der Waals surface area contributed by atoms with E-state index in [1.165, 1.54) is 0 Å². The molecule has 0 saturated carbocycles. The summed E-state index contributed by atoms with van der Waals surface area (Å²) in [5.41, 5.74) is 1.62. The van der Waals surface area contributed by atoms with Gasteiger partial charge < -0.3 is 10.2 Å². The lowest BCUT2D eigenvalue weighted by Crippen LogP contribution is -2.33. The summed E-state index contributed by atoms with van der Waals surface area (Å²) < 4.78 is 1.04. The van der Waals surface area contributed by atoms with E-state index in [0.717, 1.165) is 15.2 Å². The van der Waals surface area contributed by atoms with Crippen molar-refractivity contribution in [1.29, 1.82) is 0 Å². The summed E-state index contributed by atoms with van der Waals surface area (Å²) in [6, 6.07) is 5.64. The molecule has 1 N–H and O–H groups in total. The minimum absolute atomic E-state index is 0.0187. The first-order valence-electron chi connectivity index (χ1n) is 7.06. The molecule has 1 aromatic carbocycles. The van der Waals surface area contributed by atoms with E-state index < -0.39 is 0 Å². The van der Waals surface area contributed by atoms with Crippen molar-refractivity contribution in [3.63, 3.8) is 0 Å². The van der Waals surface area contributed by atoms with Crippen LogP contribution in [0.5, 0.6) is 0 Å². The zero-order valence-electron chi connectivity index (χ0n) is 11.6. The molecule has 0 bridgehead atoms. The number of carbonyl (C=O) groups is 2. The molecule has 4 rings (SSSR count). The van der Waals surface area contributed by atoms with Crippen molar-refractivity contribution in [2.45, 2.75) is 6.92 Å². The van der Waals surface area contributed by atoms with Crippen LogP contribution in [0.4, 0.5) is 0 Å². The van der Waals surface area contributed by atoms with Gasteiger partial charge in [0, 0.05) is 31.1 Å². The zero-order chi connectivity index (χ0) is 14.6. The number of likely N-dealkylation sites (tertiary alicyclic amines) is 1. The maximum absolute atomic E-state index is 12.6. The van der Waals surface area contributed by atoms with E-state index in [4.69, 9.17) is 0 Å². The number of nitrogens with zero attached hydrogens (tertiary/aromatic N) is 2. The molecule has 2 saturated heterocycles.